The number of hydroxylamine groups is 1. The van der Waals surface area contributed by atoms with Gasteiger partial charge in [-0.1, -0.05) is 6.07 Å². The van der Waals surface area contributed by atoms with E-state index < -0.39 is 0 Å². The van der Waals surface area contributed by atoms with Crippen molar-refractivity contribution in [2.45, 2.75) is 20.3 Å². The van der Waals surface area contributed by atoms with Crippen LogP contribution in [0, 0.1) is 13.8 Å². The molecule has 1 amide bonds. The molecular formula is C13H15NO3. The Balaban J connectivity index is 2.39. The lowest BCUT2D eigenvalue weighted by Crippen LogP contribution is -2.23. The quantitative estimate of drug-likeness (QED) is 0.827. The first kappa shape index (κ1) is 11.7. The topological polar surface area (TPSA) is 51.5 Å². The Labute approximate surface area is 99.5 Å². The highest BCUT2D eigenvalue weighted by atomic mass is 16.6. The average Bonchev–Trinajstić information content (AvgIpc) is 2.61. The molecule has 17 heavy (non-hydrogen) atoms. The molecule has 0 atom stereocenters. The van der Waals surface area contributed by atoms with Crippen molar-refractivity contribution in [3.05, 3.63) is 35.1 Å². The fraction of sp³-hybridized carbons (Fsp3) is 0.308. The molecule has 0 unspecified atom stereocenters. The van der Waals surface area contributed by atoms with Gasteiger partial charge >= 0.3 is 0 Å². The van der Waals surface area contributed by atoms with Gasteiger partial charge in [0, 0.05) is 10.9 Å². The molecule has 2 rings (SSSR count). The van der Waals surface area contributed by atoms with E-state index in [1.165, 1.54) is 7.11 Å². The SMILES string of the molecule is CONC(=O)Cc1coc2cc(C)cc(C)c12. The summed E-state index contributed by atoms with van der Waals surface area (Å²) in [4.78, 5) is 16.0. The number of carbonyl (C=O) groups is 1. The van der Waals surface area contributed by atoms with Crippen molar-refractivity contribution in [3.63, 3.8) is 0 Å². The first-order valence-electron chi connectivity index (χ1n) is 5.41. The van der Waals surface area contributed by atoms with E-state index in [-0.39, 0.29) is 12.3 Å². The molecule has 0 aliphatic carbocycles. The van der Waals surface area contributed by atoms with Crippen LogP contribution in [0.3, 0.4) is 0 Å². The van der Waals surface area contributed by atoms with Crippen molar-refractivity contribution >= 4 is 16.9 Å². The van der Waals surface area contributed by atoms with E-state index in [0.29, 0.717) is 0 Å². The smallest absolute Gasteiger partial charge is 0.248 e. The number of amides is 1. The maximum Gasteiger partial charge on any atom is 0.248 e. The summed E-state index contributed by atoms with van der Waals surface area (Å²) >= 11 is 0. The second kappa shape index (κ2) is 4.59. The largest absolute Gasteiger partial charge is 0.464 e. The van der Waals surface area contributed by atoms with Crippen LogP contribution in [0.25, 0.3) is 11.0 Å². The number of carbonyl (C=O) groups excluding carboxylic acids is 1. The summed E-state index contributed by atoms with van der Waals surface area (Å²) in [6.07, 6.45) is 1.89. The van der Waals surface area contributed by atoms with Crippen LogP contribution in [-0.4, -0.2) is 13.0 Å². The minimum atomic E-state index is -0.185. The summed E-state index contributed by atoms with van der Waals surface area (Å²) in [5.41, 5.74) is 6.27. The van der Waals surface area contributed by atoms with Crippen molar-refractivity contribution in [1.82, 2.24) is 5.48 Å². The van der Waals surface area contributed by atoms with Gasteiger partial charge in [-0.2, -0.15) is 0 Å². The van der Waals surface area contributed by atoms with Crippen LogP contribution in [0.5, 0.6) is 0 Å². The van der Waals surface area contributed by atoms with Crippen LogP contribution in [-0.2, 0) is 16.1 Å². The van der Waals surface area contributed by atoms with Crippen molar-refractivity contribution in [2.75, 3.05) is 7.11 Å². The maximum absolute atomic E-state index is 11.5. The Morgan fingerprint density at radius 2 is 2.18 bits per heavy atom. The summed E-state index contributed by atoms with van der Waals surface area (Å²) in [5, 5.41) is 1.02. The number of fused-ring (bicyclic) bond motifs is 1. The number of hydrogen-bond donors (Lipinski definition) is 1. The molecule has 2 aromatic rings. The molecule has 1 aromatic heterocycles. The Bertz CT molecular complexity index is 557. The van der Waals surface area contributed by atoms with E-state index >= 15 is 0 Å². The number of aryl methyl sites for hydroxylation is 2. The van der Waals surface area contributed by atoms with E-state index in [0.717, 1.165) is 27.7 Å². The van der Waals surface area contributed by atoms with Crippen LogP contribution < -0.4 is 5.48 Å². The lowest BCUT2D eigenvalue weighted by Gasteiger charge is -2.02. The van der Waals surface area contributed by atoms with E-state index in [1.807, 2.05) is 19.9 Å². The summed E-state index contributed by atoms with van der Waals surface area (Å²) < 4.78 is 5.47. The highest BCUT2D eigenvalue weighted by molar-refractivity contribution is 5.89. The van der Waals surface area contributed by atoms with Gasteiger partial charge in [-0.15, -0.1) is 0 Å². The molecule has 4 nitrogen and oxygen atoms in total. The number of nitrogens with one attached hydrogen (secondary N) is 1. The van der Waals surface area contributed by atoms with E-state index in [9.17, 15) is 4.79 Å². The molecule has 0 spiro atoms. The molecular weight excluding hydrogens is 218 g/mol. The van der Waals surface area contributed by atoms with Gasteiger partial charge in [0.1, 0.15) is 5.58 Å². The molecule has 1 heterocycles. The average molecular weight is 233 g/mol. The number of hydrogen-bond acceptors (Lipinski definition) is 3. The van der Waals surface area contributed by atoms with Crippen molar-refractivity contribution in [1.29, 1.82) is 0 Å². The highest BCUT2D eigenvalue weighted by Crippen LogP contribution is 2.26. The maximum atomic E-state index is 11.5. The monoisotopic (exact) mass is 233 g/mol. The molecule has 0 fully saturated rings. The molecule has 0 radical (unpaired) electrons. The predicted octanol–water partition coefficient (Wildman–Crippen LogP) is 2.27. The Kier molecular flexibility index (Phi) is 3.15. The summed E-state index contributed by atoms with van der Waals surface area (Å²) in [5.74, 6) is -0.185. The molecule has 90 valence electrons. The van der Waals surface area contributed by atoms with Crippen LogP contribution in [0.1, 0.15) is 16.7 Å². The standard InChI is InChI=1S/C13H15NO3/c1-8-4-9(2)13-10(6-12(15)14-16-3)7-17-11(13)5-8/h4-5,7H,6H2,1-3H3,(H,14,15). The Morgan fingerprint density at radius 1 is 1.41 bits per heavy atom. The number of benzene rings is 1. The number of rotatable bonds is 3. The second-order valence-electron chi connectivity index (χ2n) is 4.12. The van der Waals surface area contributed by atoms with Crippen LogP contribution in [0.2, 0.25) is 0 Å². The molecule has 0 aliphatic rings. The first-order chi connectivity index (χ1) is 8.11. The van der Waals surface area contributed by atoms with Gasteiger partial charge in [-0.25, -0.2) is 5.48 Å². The van der Waals surface area contributed by atoms with Gasteiger partial charge in [0.2, 0.25) is 5.91 Å². The lowest BCUT2D eigenvalue weighted by atomic mass is 10.0. The summed E-state index contributed by atoms with van der Waals surface area (Å²) in [6, 6.07) is 4.05. The molecule has 1 N–H and O–H groups in total. The van der Waals surface area contributed by atoms with Gasteiger partial charge in [-0.3, -0.25) is 9.63 Å². The fourth-order valence-corrected chi connectivity index (χ4v) is 2.08. The van der Waals surface area contributed by atoms with Gasteiger partial charge in [0.05, 0.1) is 19.8 Å². The van der Waals surface area contributed by atoms with Crippen molar-refractivity contribution < 1.29 is 14.0 Å². The summed E-state index contributed by atoms with van der Waals surface area (Å²) in [7, 11) is 1.42. The van der Waals surface area contributed by atoms with Crippen LogP contribution >= 0.6 is 0 Å². The van der Waals surface area contributed by atoms with Gasteiger partial charge in [0.15, 0.2) is 0 Å². The number of furan rings is 1. The van der Waals surface area contributed by atoms with Gasteiger partial charge < -0.3 is 4.42 Å². The zero-order valence-electron chi connectivity index (χ0n) is 10.2. The lowest BCUT2D eigenvalue weighted by molar-refractivity contribution is -0.130. The molecule has 0 saturated heterocycles. The second-order valence-corrected chi connectivity index (χ2v) is 4.12. The minimum absolute atomic E-state index is 0.185. The fourth-order valence-electron chi connectivity index (χ4n) is 2.08. The highest BCUT2D eigenvalue weighted by Gasteiger charge is 2.12. The van der Waals surface area contributed by atoms with Crippen molar-refractivity contribution in [2.24, 2.45) is 0 Å². The van der Waals surface area contributed by atoms with Gasteiger partial charge in [-0.05, 0) is 31.0 Å². The third-order valence-corrected chi connectivity index (χ3v) is 2.66. The Morgan fingerprint density at radius 3 is 2.88 bits per heavy atom. The predicted molar refractivity (Wildman–Crippen MR) is 64.5 cm³/mol. The Hall–Kier alpha value is -1.81. The van der Waals surface area contributed by atoms with E-state index in [4.69, 9.17) is 4.42 Å². The molecule has 4 heteroatoms. The van der Waals surface area contributed by atoms with Crippen molar-refractivity contribution in [3.8, 4) is 0 Å². The third-order valence-electron chi connectivity index (χ3n) is 2.66. The normalized spacial score (nSPS) is 10.8. The van der Waals surface area contributed by atoms with E-state index in [2.05, 4.69) is 16.4 Å². The van der Waals surface area contributed by atoms with Crippen LogP contribution in [0.15, 0.2) is 22.8 Å². The van der Waals surface area contributed by atoms with Gasteiger partial charge in [0.25, 0.3) is 0 Å². The first-order valence-corrected chi connectivity index (χ1v) is 5.41. The van der Waals surface area contributed by atoms with Crippen LogP contribution in [0.4, 0.5) is 0 Å². The molecule has 1 aromatic carbocycles. The summed E-state index contributed by atoms with van der Waals surface area (Å²) in [6.45, 7) is 4.04. The molecule has 0 aliphatic heterocycles. The zero-order chi connectivity index (χ0) is 12.4. The zero-order valence-corrected chi connectivity index (χ0v) is 10.2. The van der Waals surface area contributed by atoms with E-state index in [1.54, 1.807) is 6.26 Å². The molecule has 0 saturated carbocycles. The minimum Gasteiger partial charge on any atom is -0.464 e. The molecule has 0 bridgehead atoms. The third kappa shape index (κ3) is 2.31.